The summed E-state index contributed by atoms with van der Waals surface area (Å²) in [5.74, 6) is -0.234. The summed E-state index contributed by atoms with van der Waals surface area (Å²) >= 11 is 0. The lowest BCUT2D eigenvalue weighted by atomic mass is 9.91. The van der Waals surface area contributed by atoms with Crippen LogP contribution in [0.2, 0.25) is 0 Å². The summed E-state index contributed by atoms with van der Waals surface area (Å²) in [5, 5.41) is 0. The molecule has 4 heterocycles. The Hall–Kier alpha value is -3.57. The maximum absolute atomic E-state index is 14.2. The van der Waals surface area contributed by atoms with Crippen LogP contribution in [0, 0.1) is 5.82 Å². The molecule has 0 saturated carbocycles. The first-order valence-corrected chi connectivity index (χ1v) is 16.3. The van der Waals surface area contributed by atoms with Gasteiger partial charge in [-0.25, -0.2) is 9.18 Å². The molecule has 46 heavy (non-hydrogen) atoms. The van der Waals surface area contributed by atoms with E-state index in [9.17, 15) is 18.8 Å². The number of benzene rings is 1. The van der Waals surface area contributed by atoms with Gasteiger partial charge < -0.3 is 19.4 Å². The Morgan fingerprint density at radius 2 is 1.74 bits per heavy atom. The molecule has 11 heteroatoms. The Morgan fingerprint density at radius 1 is 1.04 bits per heavy atom. The lowest BCUT2D eigenvalue weighted by Crippen LogP contribution is -2.65. The second kappa shape index (κ2) is 12.9. The fourth-order valence-electron chi connectivity index (χ4n) is 6.82. The van der Waals surface area contributed by atoms with Crippen LogP contribution in [0.15, 0.2) is 36.5 Å². The molecule has 0 bridgehead atoms. The van der Waals surface area contributed by atoms with Crippen LogP contribution >= 0.6 is 0 Å². The highest BCUT2D eigenvalue weighted by Crippen LogP contribution is 2.40. The molecule has 2 aromatic rings. The molecule has 3 amide bonds. The number of anilines is 1. The van der Waals surface area contributed by atoms with E-state index in [1.54, 1.807) is 21.9 Å². The van der Waals surface area contributed by atoms with Crippen molar-refractivity contribution in [3.63, 3.8) is 0 Å². The largest absolute Gasteiger partial charge is 0.444 e. The molecule has 1 aromatic heterocycles. The van der Waals surface area contributed by atoms with Crippen LogP contribution < -0.4 is 4.90 Å². The zero-order valence-electron chi connectivity index (χ0n) is 28.5. The van der Waals surface area contributed by atoms with Crippen molar-refractivity contribution in [3.05, 3.63) is 59.2 Å². The number of likely N-dealkylation sites (N-methyl/N-ethyl adjacent to an activating group) is 1. The summed E-state index contributed by atoms with van der Waals surface area (Å²) in [4.78, 5) is 54.8. The van der Waals surface area contributed by atoms with E-state index in [-0.39, 0.29) is 53.8 Å². The number of hydrogen-bond acceptors (Lipinski definition) is 7. The normalized spacial score (nSPS) is 23.9. The Bertz CT molecular complexity index is 1460. The van der Waals surface area contributed by atoms with Crippen LogP contribution in [-0.2, 0) is 26.2 Å². The fourth-order valence-corrected chi connectivity index (χ4v) is 6.82. The predicted molar refractivity (Wildman–Crippen MR) is 175 cm³/mol. The van der Waals surface area contributed by atoms with E-state index in [1.807, 2.05) is 58.8 Å². The number of hydrogen-bond donors (Lipinski definition) is 0. The minimum Gasteiger partial charge on any atom is -0.444 e. The second-order valence-corrected chi connectivity index (χ2v) is 14.9. The molecule has 2 saturated heterocycles. The third-order valence-corrected chi connectivity index (χ3v) is 9.40. The number of amides is 3. The van der Waals surface area contributed by atoms with Crippen LogP contribution in [-0.4, -0.2) is 119 Å². The van der Waals surface area contributed by atoms with Crippen molar-refractivity contribution in [2.45, 2.75) is 84.0 Å². The van der Waals surface area contributed by atoms with Crippen LogP contribution in [0.3, 0.4) is 0 Å². The van der Waals surface area contributed by atoms with E-state index in [1.165, 1.54) is 12.1 Å². The Morgan fingerprint density at radius 3 is 2.41 bits per heavy atom. The van der Waals surface area contributed by atoms with E-state index in [2.05, 4.69) is 23.6 Å². The predicted octanol–water partition coefficient (Wildman–Crippen LogP) is 3.91. The fraction of sp³-hybridized carbons (Fsp3) is 0.600. The molecule has 0 spiro atoms. The number of halogens is 1. The molecule has 1 unspecified atom stereocenters. The maximum atomic E-state index is 14.2. The Labute approximate surface area is 272 Å². The summed E-state index contributed by atoms with van der Waals surface area (Å²) in [5.41, 5.74) is 2.66. The average Bonchev–Trinajstić information content (AvgIpc) is 3.24. The summed E-state index contributed by atoms with van der Waals surface area (Å²) < 4.78 is 19.2. The van der Waals surface area contributed by atoms with Gasteiger partial charge in [-0.05, 0) is 70.4 Å². The maximum Gasteiger partial charge on any atom is 0.410 e. The standard InChI is InChI=1S/C35H49FN6O4/c1-23-18-40(28(20-41(23)33(45)46-34(3,4)5)19-39-14-13-38(8)32(44)24(39)2)21-30(43)42-22-35(6,7)31-29(42)16-26(17-37-31)15-25-9-11-27(36)12-10-25/h9-12,16-17,23-24,28H,13-15,18-22H2,1-8H3/t23-,24?,28+/m1/s1. The summed E-state index contributed by atoms with van der Waals surface area (Å²) in [6.07, 6.45) is 2.06. The highest BCUT2D eigenvalue weighted by Gasteiger charge is 2.43. The van der Waals surface area contributed by atoms with Gasteiger partial charge >= 0.3 is 6.09 Å². The first kappa shape index (κ1) is 33.8. The number of ether oxygens (including phenoxy) is 1. The zero-order chi connectivity index (χ0) is 33.6. The number of piperazine rings is 2. The van der Waals surface area contributed by atoms with Crippen molar-refractivity contribution in [3.8, 4) is 0 Å². The van der Waals surface area contributed by atoms with Crippen molar-refractivity contribution in [2.75, 3.05) is 57.8 Å². The van der Waals surface area contributed by atoms with Crippen LogP contribution in [0.1, 0.15) is 65.3 Å². The van der Waals surface area contributed by atoms with Crippen molar-refractivity contribution in [1.29, 1.82) is 0 Å². The minimum absolute atomic E-state index is 0.0297. The highest BCUT2D eigenvalue weighted by molar-refractivity contribution is 5.97. The number of fused-ring (bicyclic) bond motifs is 1. The van der Waals surface area contributed by atoms with Gasteiger partial charge in [0.05, 0.1) is 24.0 Å². The topological polar surface area (TPSA) is 89.5 Å². The van der Waals surface area contributed by atoms with Gasteiger partial charge in [0.25, 0.3) is 0 Å². The first-order chi connectivity index (χ1) is 21.5. The number of nitrogens with zero attached hydrogens (tertiary/aromatic N) is 6. The third kappa shape index (κ3) is 7.36. The lowest BCUT2D eigenvalue weighted by molar-refractivity contribution is -0.140. The average molecular weight is 637 g/mol. The molecule has 10 nitrogen and oxygen atoms in total. The van der Waals surface area contributed by atoms with E-state index < -0.39 is 5.60 Å². The Balaban J connectivity index is 1.37. The van der Waals surface area contributed by atoms with Crippen molar-refractivity contribution >= 4 is 23.6 Å². The van der Waals surface area contributed by atoms with Gasteiger partial charge in [0, 0.05) is 70.0 Å². The van der Waals surface area contributed by atoms with E-state index in [0.29, 0.717) is 39.1 Å². The highest BCUT2D eigenvalue weighted by atomic mass is 19.1. The molecular weight excluding hydrogens is 587 g/mol. The summed E-state index contributed by atoms with van der Waals surface area (Å²) in [6, 6.07) is 7.84. The number of pyridine rings is 1. The molecule has 3 aliphatic rings. The van der Waals surface area contributed by atoms with Gasteiger partial charge in [0.2, 0.25) is 11.8 Å². The molecule has 0 radical (unpaired) electrons. The monoisotopic (exact) mass is 636 g/mol. The zero-order valence-corrected chi connectivity index (χ0v) is 28.5. The third-order valence-electron chi connectivity index (χ3n) is 9.40. The summed E-state index contributed by atoms with van der Waals surface area (Å²) in [7, 11) is 1.82. The van der Waals surface area contributed by atoms with E-state index >= 15 is 0 Å². The minimum atomic E-state index is -0.628. The molecule has 3 atom stereocenters. The van der Waals surface area contributed by atoms with Gasteiger partial charge in [-0.3, -0.25) is 24.4 Å². The molecule has 1 aromatic carbocycles. The lowest BCUT2D eigenvalue weighted by Gasteiger charge is -2.48. The van der Waals surface area contributed by atoms with Gasteiger partial charge in [0.1, 0.15) is 11.4 Å². The molecule has 5 rings (SSSR count). The van der Waals surface area contributed by atoms with Gasteiger partial charge in [-0.2, -0.15) is 0 Å². The second-order valence-electron chi connectivity index (χ2n) is 14.9. The van der Waals surface area contributed by atoms with Crippen LogP contribution in [0.25, 0.3) is 0 Å². The van der Waals surface area contributed by atoms with Crippen molar-refractivity contribution in [2.24, 2.45) is 0 Å². The van der Waals surface area contributed by atoms with Crippen molar-refractivity contribution < 1.29 is 23.5 Å². The SMILES string of the molecule is CC1C(=O)N(C)CCN1C[C@H]1CN(C(=O)OC(C)(C)C)[C@H](C)CN1CC(=O)N1CC(C)(C)c2ncc(Cc3ccc(F)cc3)cc21. The molecule has 0 aliphatic carbocycles. The smallest absolute Gasteiger partial charge is 0.410 e. The van der Waals surface area contributed by atoms with E-state index in [4.69, 9.17) is 9.72 Å². The van der Waals surface area contributed by atoms with E-state index in [0.717, 1.165) is 29.1 Å². The molecule has 2 fully saturated rings. The van der Waals surface area contributed by atoms with Crippen molar-refractivity contribution in [1.82, 2.24) is 24.6 Å². The molecule has 250 valence electrons. The Kier molecular flexibility index (Phi) is 9.48. The number of carbonyl (C=O) groups is 3. The van der Waals surface area contributed by atoms with Gasteiger partial charge in [-0.15, -0.1) is 0 Å². The van der Waals surface area contributed by atoms with Crippen LogP contribution in [0.5, 0.6) is 0 Å². The number of rotatable bonds is 6. The summed E-state index contributed by atoms with van der Waals surface area (Å²) in [6.45, 7) is 17.1. The van der Waals surface area contributed by atoms with Gasteiger partial charge in [0.15, 0.2) is 0 Å². The van der Waals surface area contributed by atoms with Gasteiger partial charge in [-0.1, -0.05) is 26.0 Å². The molecule has 0 N–H and O–H groups in total. The molecule has 3 aliphatic heterocycles. The first-order valence-electron chi connectivity index (χ1n) is 16.3. The van der Waals surface area contributed by atoms with Crippen LogP contribution in [0.4, 0.5) is 14.9 Å². The molecular formula is C35H49FN6O4. The number of aromatic nitrogens is 1. The quantitative estimate of drug-likeness (QED) is 0.475. The number of carbonyl (C=O) groups excluding carboxylic acids is 3.